The molecule has 0 fully saturated rings. The van der Waals surface area contributed by atoms with Crippen LogP contribution in [0, 0.1) is 12.7 Å². The number of hydrogen-bond acceptors (Lipinski definition) is 2. The van der Waals surface area contributed by atoms with E-state index in [1.165, 1.54) is 12.1 Å². The summed E-state index contributed by atoms with van der Waals surface area (Å²) in [4.78, 5) is 0. The van der Waals surface area contributed by atoms with Crippen LogP contribution in [0.1, 0.15) is 16.7 Å². The van der Waals surface area contributed by atoms with Gasteiger partial charge in [0, 0.05) is 29.2 Å². The lowest BCUT2D eigenvalue weighted by Gasteiger charge is -2.13. The average Bonchev–Trinajstić information content (AvgIpc) is 2.85. The Morgan fingerprint density at radius 2 is 2.15 bits per heavy atom. The van der Waals surface area contributed by atoms with Crippen LogP contribution >= 0.6 is 11.6 Å². The van der Waals surface area contributed by atoms with Crippen LogP contribution in [-0.4, -0.2) is 6.61 Å². The first-order chi connectivity index (χ1) is 9.63. The zero-order valence-electron chi connectivity index (χ0n) is 11.2. The molecule has 2 aromatic rings. The van der Waals surface area contributed by atoms with E-state index in [4.69, 9.17) is 16.3 Å². The number of ether oxygens (including phenoxy) is 1. The molecular weight excluding hydrogens is 277 g/mol. The standard InChI is InChI=1S/C16H15ClFNO/c1-10-6-14(18)2-3-15(10)19-9-12-8-13(17)7-11-4-5-20-16(11)12/h2-3,6-8,19H,4-5,9H2,1H3. The average molecular weight is 292 g/mol. The van der Waals surface area contributed by atoms with E-state index in [0.717, 1.165) is 39.6 Å². The zero-order chi connectivity index (χ0) is 14.1. The van der Waals surface area contributed by atoms with Gasteiger partial charge in [0.2, 0.25) is 0 Å². The van der Waals surface area contributed by atoms with Crippen molar-refractivity contribution in [1.29, 1.82) is 0 Å². The van der Waals surface area contributed by atoms with Gasteiger partial charge in [-0.1, -0.05) is 11.6 Å². The molecule has 1 heterocycles. The summed E-state index contributed by atoms with van der Waals surface area (Å²) in [6, 6.07) is 8.58. The molecule has 1 aliphatic rings. The summed E-state index contributed by atoms with van der Waals surface area (Å²) in [5.74, 6) is 0.710. The number of benzene rings is 2. The van der Waals surface area contributed by atoms with Crippen molar-refractivity contribution in [2.24, 2.45) is 0 Å². The van der Waals surface area contributed by atoms with Crippen LogP contribution in [0.5, 0.6) is 5.75 Å². The van der Waals surface area contributed by atoms with Gasteiger partial charge >= 0.3 is 0 Å². The molecule has 0 aromatic heterocycles. The van der Waals surface area contributed by atoms with Gasteiger partial charge < -0.3 is 10.1 Å². The van der Waals surface area contributed by atoms with Crippen LogP contribution in [-0.2, 0) is 13.0 Å². The summed E-state index contributed by atoms with van der Waals surface area (Å²) in [6.45, 7) is 3.19. The summed E-state index contributed by atoms with van der Waals surface area (Å²) in [5.41, 5.74) is 3.99. The van der Waals surface area contributed by atoms with E-state index in [2.05, 4.69) is 5.32 Å². The minimum atomic E-state index is -0.222. The van der Waals surface area contributed by atoms with Gasteiger partial charge in [0.05, 0.1) is 6.61 Å². The first-order valence-corrected chi connectivity index (χ1v) is 6.95. The third kappa shape index (κ3) is 2.59. The number of halogens is 2. The lowest BCUT2D eigenvalue weighted by atomic mass is 10.1. The van der Waals surface area contributed by atoms with E-state index in [9.17, 15) is 4.39 Å². The molecule has 3 rings (SSSR count). The molecule has 4 heteroatoms. The van der Waals surface area contributed by atoms with Crippen LogP contribution in [0.15, 0.2) is 30.3 Å². The van der Waals surface area contributed by atoms with Crippen molar-refractivity contribution in [3.63, 3.8) is 0 Å². The minimum absolute atomic E-state index is 0.222. The van der Waals surface area contributed by atoms with Crippen LogP contribution in [0.4, 0.5) is 10.1 Å². The van der Waals surface area contributed by atoms with Gasteiger partial charge in [-0.3, -0.25) is 0 Å². The van der Waals surface area contributed by atoms with Crippen LogP contribution in [0.25, 0.3) is 0 Å². The largest absolute Gasteiger partial charge is 0.493 e. The predicted molar refractivity (Wildman–Crippen MR) is 79.1 cm³/mol. The van der Waals surface area contributed by atoms with Gasteiger partial charge in [-0.05, 0) is 48.4 Å². The predicted octanol–water partition coefficient (Wildman–Crippen LogP) is 4.33. The third-order valence-corrected chi connectivity index (χ3v) is 3.70. The highest BCUT2D eigenvalue weighted by Gasteiger charge is 2.17. The second-order valence-electron chi connectivity index (χ2n) is 4.96. The van der Waals surface area contributed by atoms with E-state index in [0.29, 0.717) is 13.2 Å². The molecule has 0 amide bonds. The monoisotopic (exact) mass is 291 g/mol. The van der Waals surface area contributed by atoms with E-state index >= 15 is 0 Å². The van der Waals surface area contributed by atoms with Crippen molar-refractivity contribution in [3.8, 4) is 5.75 Å². The number of aryl methyl sites for hydroxylation is 1. The van der Waals surface area contributed by atoms with Crippen molar-refractivity contribution in [2.75, 3.05) is 11.9 Å². The first-order valence-electron chi connectivity index (χ1n) is 6.57. The maximum absolute atomic E-state index is 13.1. The van der Waals surface area contributed by atoms with Gasteiger partial charge in [0.15, 0.2) is 0 Å². The molecule has 0 radical (unpaired) electrons. The first kappa shape index (κ1) is 13.3. The normalized spacial score (nSPS) is 12.9. The van der Waals surface area contributed by atoms with E-state index < -0.39 is 0 Å². The summed E-state index contributed by atoms with van der Waals surface area (Å²) in [5, 5.41) is 4.03. The van der Waals surface area contributed by atoms with E-state index in [-0.39, 0.29) is 5.82 Å². The highest BCUT2D eigenvalue weighted by Crippen LogP contribution is 2.33. The van der Waals surface area contributed by atoms with Crippen molar-refractivity contribution in [3.05, 3.63) is 57.9 Å². The topological polar surface area (TPSA) is 21.3 Å². The fraction of sp³-hybridized carbons (Fsp3) is 0.250. The third-order valence-electron chi connectivity index (χ3n) is 3.48. The molecule has 2 nitrogen and oxygen atoms in total. The highest BCUT2D eigenvalue weighted by atomic mass is 35.5. The molecule has 0 spiro atoms. The smallest absolute Gasteiger partial charge is 0.127 e. The van der Waals surface area contributed by atoms with Gasteiger partial charge in [-0.2, -0.15) is 0 Å². The molecule has 0 atom stereocenters. The Hall–Kier alpha value is -1.74. The SMILES string of the molecule is Cc1cc(F)ccc1NCc1cc(Cl)cc2c1OCC2. The Morgan fingerprint density at radius 1 is 1.30 bits per heavy atom. The van der Waals surface area contributed by atoms with Gasteiger partial charge in [-0.25, -0.2) is 4.39 Å². The Kier molecular flexibility index (Phi) is 3.53. The summed E-state index contributed by atoms with van der Waals surface area (Å²) in [6.07, 6.45) is 0.901. The van der Waals surface area contributed by atoms with E-state index in [1.807, 2.05) is 19.1 Å². The van der Waals surface area contributed by atoms with Gasteiger partial charge in [-0.15, -0.1) is 0 Å². The van der Waals surface area contributed by atoms with E-state index in [1.54, 1.807) is 6.07 Å². The number of fused-ring (bicyclic) bond motifs is 1. The molecular formula is C16H15ClFNO. The highest BCUT2D eigenvalue weighted by molar-refractivity contribution is 6.30. The molecule has 0 aliphatic carbocycles. The van der Waals surface area contributed by atoms with Crippen LogP contribution in [0.2, 0.25) is 5.02 Å². The Bertz CT molecular complexity index is 657. The number of nitrogens with one attached hydrogen (secondary N) is 1. The second kappa shape index (κ2) is 5.33. The molecule has 1 N–H and O–H groups in total. The van der Waals surface area contributed by atoms with Crippen molar-refractivity contribution in [2.45, 2.75) is 19.9 Å². The second-order valence-corrected chi connectivity index (χ2v) is 5.40. The van der Waals surface area contributed by atoms with Crippen molar-refractivity contribution >= 4 is 17.3 Å². The Morgan fingerprint density at radius 3 is 2.95 bits per heavy atom. The zero-order valence-corrected chi connectivity index (χ0v) is 11.9. The Labute approximate surface area is 122 Å². The molecule has 2 aromatic carbocycles. The molecule has 0 bridgehead atoms. The van der Waals surface area contributed by atoms with Gasteiger partial charge in [0.1, 0.15) is 11.6 Å². The molecule has 0 unspecified atom stereocenters. The lowest BCUT2D eigenvalue weighted by molar-refractivity contribution is 0.354. The van der Waals surface area contributed by atoms with Crippen LogP contribution in [0.3, 0.4) is 0 Å². The maximum Gasteiger partial charge on any atom is 0.127 e. The molecule has 0 saturated heterocycles. The van der Waals surface area contributed by atoms with Crippen molar-refractivity contribution < 1.29 is 9.13 Å². The summed E-state index contributed by atoms with van der Waals surface area (Å²) in [7, 11) is 0. The quantitative estimate of drug-likeness (QED) is 0.908. The fourth-order valence-electron chi connectivity index (χ4n) is 2.49. The number of hydrogen-bond donors (Lipinski definition) is 1. The molecule has 1 aliphatic heterocycles. The molecule has 104 valence electrons. The lowest BCUT2D eigenvalue weighted by Crippen LogP contribution is -2.03. The Balaban J connectivity index is 1.82. The van der Waals surface area contributed by atoms with Crippen LogP contribution < -0.4 is 10.1 Å². The minimum Gasteiger partial charge on any atom is -0.493 e. The molecule has 20 heavy (non-hydrogen) atoms. The fourth-order valence-corrected chi connectivity index (χ4v) is 2.76. The summed E-state index contributed by atoms with van der Waals surface area (Å²) < 4.78 is 18.7. The number of rotatable bonds is 3. The summed E-state index contributed by atoms with van der Waals surface area (Å²) >= 11 is 6.13. The molecule has 0 saturated carbocycles. The number of anilines is 1. The van der Waals surface area contributed by atoms with Gasteiger partial charge in [0.25, 0.3) is 0 Å². The van der Waals surface area contributed by atoms with Crippen molar-refractivity contribution in [1.82, 2.24) is 0 Å². The maximum atomic E-state index is 13.1.